The predicted molar refractivity (Wildman–Crippen MR) is 129 cm³/mol. The van der Waals surface area contributed by atoms with Crippen LogP contribution >= 0.6 is 23.8 Å². The van der Waals surface area contributed by atoms with Crippen molar-refractivity contribution in [3.8, 4) is 0 Å². The molecule has 0 spiro atoms. The Morgan fingerprint density at radius 1 is 1.12 bits per heavy atom. The Morgan fingerprint density at radius 3 is 2.27 bits per heavy atom. The summed E-state index contributed by atoms with van der Waals surface area (Å²) in [6, 6.07) is 9.52. The maximum absolute atomic E-state index is 14.5. The molecule has 3 nitrogen and oxygen atoms in total. The van der Waals surface area contributed by atoms with E-state index in [4.69, 9.17) is 23.8 Å². The van der Waals surface area contributed by atoms with E-state index in [1.165, 1.54) is 12.1 Å². The fraction of sp³-hybridized carbons (Fsp3) is 0.458. The van der Waals surface area contributed by atoms with Crippen LogP contribution in [-0.4, -0.2) is 27.1 Å². The Kier molecular flexibility index (Phi) is 7.32. The van der Waals surface area contributed by atoms with Gasteiger partial charge in [-0.3, -0.25) is 0 Å². The van der Waals surface area contributed by atoms with Crippen LogP contribution in [0.4, 0.5) is 23.2 Å². The van der Waals surface area contributed by atoms with Gasteiger partial charge in [0.1, 0.15) is 5.82 Å². The molecule has 0 saturated carbocycles. The summed E-state index contributed by atoms with van der Waals surface area (Å²) in [7, 11) is 0. The van der Waals surface area contributed by atoms with Gasteiger partial charge in [-0.1, -0.05) is 29.8 Å². The molecule has 33 heavy (non-hydrogen) atoms. The first-order valence-electron chi connectivity index (χ1n) is 10.6. The predicted octanol–water partition coefficient (Wildman–Crippen LogP) is 7.01. The Balaban J connectivity index is 1.92. The molecule has 0 radical (unpaired) electrons. The van der Waals surface area contributed by atoms with Crippen molar-refractivity contribution in [3.63, 3.8) is 0 Å². The van der Waals surface area contributed by atoms with Crippen molar-refractivity contribution in [1.29, 1.82) is 0 Å². The molecule has 2 aromatic carbocycles. The van der Waals surface area contributed by atoms with Crippen LogP contribution in [0.15, 0.2) is 42.5 Å². The third kappa shape index (κ3) is 6.58. The smallest absolute Gasteiger partial charge is 0.341 e. The first-order chi connectivity index (χ1) is 15.2. The third-order valence-corrected chi connectivity index (χ3v) is 6.36. The molecule has 1 fully saturated rings. The molecular formula is C24H28ClF4N3S. The van der Waals surface area contributed by atoms with E-state index in [1.54, 1.807) is 18.2 Å². The van der Waals surface area contributed by atoms with Crippen LogP contribution in [0.2, 0.25) is 5.02 Å². The van der Waals surface area contributed by atoms with E-state index >= 15 is 0 Å². The highest BCUT2D eigenvalue weighted by molar-refractivity contribution is 7.80. The molecule has 2 aromatic rings. The number of halogens is 5. The van der Waals surface area contributed by atoms with E-state index in [0.717, 1.165) is 25.0 Å². The number of nitrogens with one attached hydrogen (secondary N) is 2. The Bertz CT molecular complexity index is 1010. The molecule has 1 aliphatic heterocycles. The number of rotatable bonds is 4. The van der Waals surface area contributed by atoms with Crippen LogP contribution < -0.4 is 10.6 Å². The van der Waals surface area contributed by atoms with E-state index in [9.17, 15) is 17.6 Å². The van der Waals surface area contributed by atoms with Crippen molar-refractivity contribution >= 4 is 34.6 Å². The summed E-state index contributed by atoms with van der Waals surface area (Å²) in [4.78, 5) is 1.91. The highest BCUT2D eigenvalue weighted by atomic mass is 35.5. The molecule has 0 bridgehead atoms. The van der Waals surface area contributed by atoms with Crippen LogP contribution in [0.1, 0.15) is 51.7 Å². The lowest BCUT2D eigenvalue weighted by Gasteiger charge is -2.50. The van der Waals surface area contributed by atoms with Crippen molar-refractivity contribution in [2.24, 2.45) is 0 Å². The van der Waals surface area contributed by atoms with E-state index in [-0.39, 0.29) is 45.3 Å². The van der Waals surface area contributed by atoms with Gasteiger partial charge in [-0.15, -0.1) is 0 Å². The SMILES string of the molecule is CC1(C)CC(N(Cc2ccccc2F)C(=S)Nc2ccc(C(F)(F)F)cc2Cl)CC(C)(C)N1. The van der Waals surface area contributed by atoms with Crippen LogP contribution in [0, 0.1) is 5.82 Å². The average Bonchev–Trinajstić information content (AvgIpc) is 2.65. The highest BCUT2D eigenvalue weighted by Gasteiger charge is 2.41. The summed E-state index contributed by atoms with van der Waals surface area (Å²) in [6.07, 6.45) is -3.01. The molecule has 3 rings (SSSR count). The van der Waals surface area contributed by atoms with Gasteiger partial charge in [-0.05, 0) is 77.0 Å². The molecule has 1 saturated heterocycles. The second-order valence-corrected chi connectivity index (χ2v) is 10.6. The summed E-state index contributed by atoms with van der Waals surface area (Å²) in [5.74, 6) is -0.342. The van der Waals surface area contributed by atoms with E-state index < -0.39 is 11.7 Å². The zero-order valence-electron chi connectivity index (χ0n) is 19.0. The maximum Gasteiger partial charge on any atom is 0.416 e. The number of alkyl halides is 3. The molecule has 0 aliphatic carbocycles. The topological polar surface area (TPSA) is 27.3 Å². The van der Waals surface area contributed by atoms with Gasteiger partial charge in [0.15, 0.2) is 5.11 Å². The molecular weight excluding hydrogens is 474 g/mol. The third-order valence-electron chi connectivity index (χ3n) is 5.71. The summed E-state index contributed by atoms with van der Waals surface area (Å²) in [6.45, 7) is 8.63. The minimum atomic E-state index is -4.49. The standard InChI is InChI=1S/C24H28ClF4N3S/c1-22(2)12-17(13-23(3,4)31-22)32(14-15-7-5-6-8-19(15)26)21(33)30-20-10-9-16(11-18(20)25)24(27,28)29/h5-11,17,31H,12-14H2,1-4H3,(H,30,33). The molecule has 0 atom stereocenters. The average molecular weight is 502 g/mol. The van der Waals surface area contributed by atoms with Crippen molar-refractivity contribution < 1.29 is 17.6 Å². The lowest BCUT2D eigenvalue weighted by Crippen LogP contribution is -2.63. The molecule has 1 aliphatic rings. The van der Waals surface area contributed by atoms with Gasteiger partial charge in [0.2, 0.25) is 0 Å². The summed E-state index contributed by atoms with van der Waals surface area (Å²) < 4.78 is 53.5. The minimum absolute atomic E-state index is 0.0379. The van der Waals surface area contributed by atoms with Crippen molar-refractivity contribution in [3.05, 3.63) is 64.4 Å². The molecule has 0 aromatic heterocycles. The van der Waals surface area contributed by atoms with Gasteiger partial charge in [-0.25, -0.2) is 4.39 Å². The zero-order valence-corrected chi connectivity index (χ0v) is 20.6. The maximum atomic E-state index is 14.5. The molecule has 180 valence electrons. The number of thiocarbonyl (C=S) groups is 1. The van der Waals surface area contributed by atoms with E-state index in [1.807, 2.05) is 4.90 Å². The number of piperidine rings is 1. The van der Waals surface area contributed by atoms with Crippen molar-refractivity contribution in [1.82, 2.24) is 10.2 Å². The quantitative estimate of drug-likeness (QED) is 0.348. The van der Waals surface area contributed by atoms with Crippen LogP contribution in [-0.2, 0) is 12.7 Å². The summed E-state index contributed by atoms with van der Waals surface area (Å²) in [5.41, 5.74) is -0.479. The number of anilines is 1. The van der Waals surface area contributed by atoms with Gasteiger partial charge in [0.25, 0.3) is 0 Å². The zero-order chi connectivity index (χ0) is 24.6. The van der Waals surface area contributed by atoms with Crippen molar-refractivity contribution in [2.75, 3.05) is 5.32 Å². The Hall–Kier alpha value is -1.90. The van der Waals surface area contributed by atoms with Crippen molar-refractivity contribution in [2.45, 2.75) is 70.4 Å². The minimum Gasteiger partial charge on any atom is -0.341 e. The summed E-state index contributed by atoms with van der Waals surface area (Å²) in [5, 5.41) is 6.80. The van der Waals surface area contributed by atoms with Gasteiger partial charge in [0, 0.05) is 29.2 Å². The van der Waals surface area contributed by atoms with Crippen LogP contribution in [0.25, 0.3) is 0 Å². The second kappa shape index (κ2) is 9.39. The fourth-order valence-electron chi connectivity index (χ4n) is 4.65. The normalized spacial score (nSPS) is 18.1. The van der Waals surface area contributed by atoms with Gasteiger partial charge < -0.3 is 15.5 Å². The first-order valence-corrected chi connectivity index (χ1v) is 11.4. The lowest BCUT2D eigenvalue weighted by atomic mass is 9.79. The van der Waals surface area contributed by atoms with Gasteiger partial charge in [0.05, 0.1) is 16.3 Å². The highest BCUT2D eigenvalue weighted by Crippen LogP contribution is 2.35. The summed E-state index contributed by atoms with van der Waals surface area (Å²) >= 11 is 11.8. The van der Waals surface area contributed by atoms with Crippen LogP contribution in [0.3, 0.4) is 0 Å². The van der Waals surface area contributed by atoms with Gasteiger partial charge >= 0.3 is 6.18 Å². The largest absolute Gasteiger partial charge is 0.416 e. The monoisotopic (exact) mass is 501 g/mol. The molecule has 2 N–H and O–H groups in total. The first kappa shape index (κ1) is 25.7. The molecule has 9 heteroatoms. The number of hydrogen-bond donors (Lipinski definition) is 2. The fourth-order valence-corrected chi connectivity index (χ4v) is 5.20. The molecule has 0 unspecified atom stereocenters. The van der Waals surface area contributed by atoms with Gasteiger partial charge in [-0.2, -0.15) is 13.2 Å². The Morgan fingerprint density at radius 2 is 1.73 bits per heavy atom. The Labute approximate surface area is 202 Å². The number of benzene rings is 2. The second-order valence-electron chi connectivity index (χ2n) is 9.80. The number of nitrogens with zero attached hydrogens (tertiary/aromatic N) is 1. The molecule has 0 amide bonds. The van der Waals surface area contributed by atoms with Crippen LogP contribution in [0.5, 0.6) is 0 Å². The van der Waals surface area contributed by atoms with E-state index in [0.29, 0.717) is 5.56 Å². The number of hydrogen-bond acceptors (Lipinski definition) is 2. The van der Waals surface area contributed by atoms with E-state index in [2.05, 4.69) is 38.3 Å². The lowest BCUT2D eigenvalue weighted by molar-refractivity contribution is -0.137. The molecule has 1 heterocycles.